The molecule has 0 radical (unpaired) electrons. The summed E-state index contributed by atoms with van der Waals surface area (Å²) < 4.78 is 37.3. The van der Waals surface area contributed by atoms with Gasteiger partial charge < -0.3 is 5.11 Å². The summed E-state index contributed by atoms with van der Waals surface area (Å²) in [6.45, 7) is 0.0813. The smallest absolute Gasteiger partial charge is 0.396 e. The first-order valence-electron chi connectivity index (χ1n) is 4.85. The number of hydrogen-bond donors (Lipinski definition) is 1. The minimum absolute atomic E-state index is 0.0813. The molecule has 0 fully saturated rings. The number of alkyl halides is 3. The van der Waals surface area contributed by atoms with E-state index in [2.05, 4.69) is 4.98 Å². The van der Waals surface area contributed by atoms with Crippen LogP contribution in [0.1, 0.15) is 17.7 Å². The van der Waals surface area contributed by atoms with Gasteiger partial charge in [-0.1, -0.05) is 11.6 Å². The largest absolute Gasteiger partial charge is 0.433 e. The summed E-state index contributed by atoms with van der Waals surface area (Å²) in [5.74, 6) is 1.11. The third kappa shape index (κ3) is 5.14. The van der Waals surface area contributed by atoms with Gasteiger partial charge in [-0.15, -0.1) is 0 Å². The highest BCUT2D eigenvalue weighted by Crippen LogP contribution is 2.30. The molecule has 0 aliphatic heterocycles. The van der Waals surface area contributed by atoms with Gasteiger partial charge in [-0.05, 0) is 29.9 Å². The topological polar surface area (TPSA) is 33.1 Å². The molecular weight excluding hydrogens is 275 g/mol. The highest BCUT2D eigenvalue weighted by Gasteiger charge is 2.33. The number of aliphatic hydroxyl groups excluding tert-OH is 1. The molecule has 0 saturated heterocycles. The molecule has 0 bridgehead atoms. The molecule has 0 aliphatic rings. The van der Waals surface area contributed by atoms with Gasteiger partial charge >= 0.3 is 6.18 Å². The number of aliphatic hydroxyl groups is 1. The van der Waals surface area contributed by atoms with Crippen LogP contribution in [0, 0.1) is 0 Å². The van der Waals surface area contributed by atoms with Crippen LogP contribution in [0.3, 0.4) is 0 Å². The fraction of sp³-hybridized carbons (Fsp3) is 0.500. The van der Waals surface area contributed by atoms with Crippen molar-refractivity contribution in [2.45, 2.75) is 18.3 Å². The molecule has 7 heteroatoms. The SMILES string of the molecule is OCCCSCc1cc(Cl)nc(C(F)(F)F)c1. The highest BCUT2D eigenvalue weighted by atomic mass is 35.5. The van der Waals surface area contributed by atoms with Gasteiger partial charge in [0.15, 0.2) is 0 Å². The average molecular weight is 286 g/mol. The third-order valence-electron chi connectivity index (χ3n) is 1.86. The van der Waals surface area contributed by atoms with E-state index < -0.39 is 11.9 Å². The summed E-state index contributed by atoms with van der Waals surface area (Å²) in [7, 11) is 0. The number of halogens is 4. The number of hydrogen-bond acceptors (Lipinski definition) is 3. The molecule has 0 amide bonds. The zero-order valence-electron chi connectivity index (χ0n) is 8.80. The molecule has 0 atom stereocenters. The summed E-state index contributed by atoms with van der Waals surface area (Å²) in [5.41, 5.74) is -0.483. The number of thioether (sulfide) groups is 1. The van der Waals surface area contributed by atoms with Gasteiger partial charge in [-0.2, -0.15) is 24.9 Å². The first-order chi connectivity index (χ1) is 7.93. The lowest BCUT2D eigenvalue weighted by atomic mass is 10.2. The van der Waals surface area contributed by atoms with E-state index in [1.165, 1.54) is 17.8 Å². The zero-order chi connectivity index (χ0) is 12.9. The van der Waals surface area contributed by atoms with Crippen LogP contribution >= 0.6 is 23.4 Å². The minimum Gasteiger partial charge on any atom is -0.396 e. The van der Waals surface area contributed by atoms with Gasteiger partial charge in [0, 0.05) is 12.4 Å². The van der Waals surface area contributed by atoms with E-state index in [0.717, 1.165) is 6.07 Å². The Balaban J connectivity index is 2.69. The predicted octanol–water partition coefficient (Wildman–Crippen LogP) is 3.37. The highest BCUT2D eigenvalue weighted by molar-refractivity contribution is 7.98. The van der Waals surface area contributed by atoms with Crippen LogP contribution in [-0.4, -0.2) is 22.5 Å². The van der Waals surface area contributed by atoms with Crippen LogP contribution in [0.2, 0.25) is 5.15 Å². The lowest BCUT2D eigenvalue weighted by Gasteiger charge is -2.08. The maximum atomic E-state index is 12.4. The first-order valence-corrected chi connectivity index (χ1v) is 6.39. The van der Waals surface area contributed by atoms with Crippen LogP contribution in [0.4, 0.5) is 13.2 Å². The number of aromatic nitrogens is 1. The molecule has 96 valence electrons. The lowest BCUT2D eigenvalue weighted by Crippen LogP contribution is -2.08. The van der Waals surface area contributed by atoms with Crippen molar-refractivity contribution in [3.8, 4) is 0 Å². The van der Waals surface area contributed by atoms with Crippen LogP contribution in [0.15, 0.2) is 12.1 Å². The second kappa shape index (κ2) is 6.47. The maximum Gasteiger partial charge on any atom is 0.433 e. The summed E-state index contributed by atoms with van der Waals surface area (Å²) >= 11 is 6.98. The Morgan fingerprint density at radius 3 is 2.65 bits per heavy atom. The Morgan fingerprint density at radius 2 is 2.06 bits per heavy atom. The molecule has 0 saturated carbocycles. The second-order valence-corrected chi connectivity index (χ2v) is 4.80. The van der Waals surface area contributed by atoms with Crippen LogP contribution < -0.4 is 0 Å². The standard InChI is InChI=1S/C10H11ClF3NOS/c11-9-5-7(6-17-3-1-2-16)4-8(15-9)10(12,13)14/h4-5,16H,1-3,6H2. The Bertz CT molecular complexity index is 373. The van der Waals surface area contributed by atoms with E-state index in [1.807, 2.05) is 0 Å². The van der Waals surface area contributed by atoms with E-state index in [4.69, 9.17) is 16.7 Å². The van der Waals surface area contributed by atoms with Gasteiger partial charge in [0.1, 0.15) is 10.8 Å². The monoisotopic (exact) mass is 285 g/mol. The van der Waals surface area contributed by atoms with Gasteiger partial charge in [-0.3, -0.25) is 0 Å². The van der Waals surface area contributed by atoms with Crippen molar-refractivity contribution in [1.29, 1.82) is 0 Å². The van der Waals surface area contributed by atoms with Crippen molar-refractivity contribution in [3.05, 3.63) is 28.5 Å². The second-order valence-electron chi connectivity index (χ2n) is 3.31. The van der Waals surface area contributed by atoms with Crippen molar-refractivity contribution in [2.24, 2.45) is 0 Å². The summed E-state index contributed by atoms with van der Waals surface area (Å²) in [4.78, 5) is 3.24. The molecule has 0 unspecified atom stereocenters. The summed E-state index contributed by atoms with van der Waals surface area (Å²) in [5, 5.41) is 8.41. The third-order valence-corrected chi connectivity index (χ3v) is 3.17. The Labute approximate surface area is 106 Å². The van der Waals surface area contributed by atoms with Crippen molar-refractivity contribution < 1.29 is 18.3 Å². The zero-order valence-corrected chi connectivity index (χ0v) is 10.4. The lowest BCUT2D eigenvalue weighted by molar-refractivity contribution is -0.141. The van der Waals surface area contributed by atoms with E-state index in [9.17, 15) is 13.2 Å². The van der Waals surface area contributed by atoms with Crippen molar-refractivity contribution >= 4 is 23.4 Å². The fourth-order valence-corrected chi connectivity index (χ4v) is 2.25. The minimum atomic E-state index is -4.48. The molecule has 0 spiro atoms. The molecule has 1 rings (SSSR count). The fourth-order valence-electron chi connectivity index (χ4n) is 1.14. The molecule has 1 aromatic heterocycles. The van der Waals surface area contributed by atoms with Crippen molar-refractivity contribution in [3.63, 3.8) is 0 Å². The summed E-state index contributed by atoms with van der Waals surface area (Å²) in [6, 6.07) is 2.42. The Morgan fingerprint density at radius 1 is 1.35 bits per heavy atom. The molecule has 17 heavy (non-hydrogen) atoms. The van der Waals surface area contributed by atoms with Crippen molar-refractivity contribution in [2.75, 3.05) is 12.4 Å². The predicted molar refractivity (Wildman–Crippen MR) is 62.1 cm³/mol. The van der Waals surface area contributed by atoms with Gasteiger partial charge in [0.25, 0.3) is 0 Å². The molecule has 1 N–H and O–H groups in total. The van der Waals surface area contributed by atoms with Crippen LogP contribution in [-0.2, 0) is 11.9 Å². The van der Waals surface area contributed by atoms with Gasteiger partial charge in [0.05, 0.1) is 0 Å². The van der Waals surface area contributed by atoms with Gasteiger partial charge in [-0.25, -0.2) is 4.98 Å². The Kier molecular flexibility index (Phi) is 5.55. The quantitative estimate of drug-likeness (QED) is 0.665. The van der Waals surface area contributed by atoms with Crippen LogP contribution in [0.5, 0.6) is 0 Å². The van der Waals surface area contributed by atoms with E-state index >= 15 is 0 Å². The Hall–Kier alpha value is -0.460. The van der Waals surface area contributed by atoms with Gasteiger partial charge in [0.2, 0.25) is 0 Å². The van der Waals surface area contributed by atoms with Crippen LogP contribution in [0.25, 0.3) is 0 Å². The number of pyridine rings is 1. The molecular formula is C10H11ClF3NOS. The average Bonchev–Trinajstić information content (AvgIpc) is 2.22. The molecule has 1 heterocycles. The first kappa shape index (κ1) is 14.6. The number of nitrogens with zero attached hydrogens (tertiary/aromatic N) is 1. The maximum absolute atomic E-state index is 12.4. The molecule has 2 nitrogen and oxygen atoms in total. The van der Waals surface area contributed by atoms with E-state index in [-0.39, 0.29) is 11.8 Å². The van der Waals surface area contributed by atoms with E-state index in [0.29, 0.717) is 23.5 Å². The number of rotatable bonds is 5. The van der Waals surface area contributed by atoms with Crippen molar-refractivity contribution in [1.82, 2.24) is 4.98 Å². The molecule has 0 aliphatic carbocycles. The molecule has 0 aromatic carbocycles. The van der Waals surface area contributed by atoms with E-state index in [1.54, 1.807) is 0 Å². The molecule has 1 aromatic rings. The normalized spacial score (nSPS) is 11.8. The summed E-state index contributed by atoms with van der Waals surface area (Å²) in [6.07, 6.45) is -3.86.